The Balaban J connectivity index is 0.00000281. The van der Waals surface area contributed by atoms with Gasteiger partial charge in [0, 0.05) is 38.3 Å². The molecule has 0 saturated carbocycles. The maximum absolute atomic E-state index is 11.4. The molecular formula is C39H54Cl2N2O7. The van der Waals surface area contributed by atoms with Crippen LogP contribution in [0.25, 0.3) is 0 Å². The van der Waals surface area contributed by atoms with E-state index in [0.29, 0.717) is 35.9 Å². The summed E-state index contributed by atoms with van der Waals surface area (Å²) < 4.78 is 34.4. The molecule has 3 aromatic rings. The Kier molecular flexibility index (Phi) is 14.2. The lowest BCUT2D eigenvalue weighted by molar-refractivity contribution is 0.0138. The second kappa shape index (κ2) is 17.9. The van der Waals surface area contributed by atoms with Crippen molar-refractivity contribution in [1.82, 2.24) is 9.80 Å². The highest BCUT2D eigenvalue weighted by Crippen LogP contribution is 2.49. The number of nitrogens with zero attached hydrogens (tertiary/aromatic N) is 2. The van der Waals surface area contributed by atoms with Gasteiger partial charge in [-0.2, -0.15) is 0 Å². The van der Waals surface area contributed by atoms with Crippen LogP contribution in [-0.4, -0.2) is 89.3 Å². The zero-order chi connectivity index (χ0) is 33.8. The fourth-order valence-corrected chi connectivity index (χ4v) is 8.36. The molecule has 0 amide bonds. The van der Waals surface area contributed by atoms with Gasteiger partial charge in [-0.15, -0.1) is 24.8 Å². The van der Waals surface area contributed by atoms with Gasteiger partial charge >= 0.3 is 0 Å². The molecule has 9 nitrogen and oxygen atoms in total. The normalized spacial score (nSPS) is 22.0. The summed E-state index contributed by atoms with van der Waals surface area (Å²) >= 11 is 0. The van der Waals surface area contributed by atoms with Crippen LogP contribution in [0.5, 0.6) is 34.5 Å². The number of β-amino-alcohol motifs (C(OH)–C–C–N with tert-alkyl or cyclic N) is 1. The van der Waals surface area contributed by atoms with Crippen molar-refractivity contribution in [2.45, 2.75) is 57.2 Å². The SMILES string of the molecule is CC[C@H]1CN2CCc3cc(OC)c(OC)cc3[C@@H]2C[C@@H]1CC1c2cc(OC)c(OC)cc2CCN1CC(O)COc1ccccc1OC.Cl.Cl. The molecule has 0 radical (unpaired) electrons. The monoisotopic (exact) mass is 732 g/mol. The van der Waals surface area contributed by atoms with Gasteiger partial charge in [0.1, 0.15) is 12.7 Å². The molecule has 3 aromatic carbocycles. The first kappa shape index (κ1) is 39.7. The van der Waals surface area contributed by atoms with E-state index in [9.17, 15) is 5.11 Å². The van der Waals surface area contributed by atoms with Crippen LogP contribution >= 0.6 is 24.8 Å². The van der Waals surface area contributed by atoms with Crippen LogP contribution in [-0.2, 0) is 12.8 Å². The van der Waals surface area contributed by atoms with Gasteiger partial charge in [-0.05, 0) is 96.2 Å². The molecule has 1 fully saturated rings. The van der Waals surface area contributed by atoms with Crippen LogP contribution in [0.4, 0.5) is 0 Å². The number of benzene rings is 3. The Bertz CT molecular complexity index is 1560. The van der Waals surface area contributed by atoms with E-state index in [-0.39, 0.29) is 37.5 Å². The number of rotatable bonds is 13. The summed E-state index contributed by atoms with van der Waals surface area (Å²) in [6, 6.07) is 16.7. The summed E-state index contributed by atoms with van der Waals surface area (Å²) in [6.45, 7) is 6.01. The van der Waals surface area contributed by atoms with Gasteiger partial charge in [-0.3, -0.25) is 9.80 Å². The van der Waals surface area contributed by atoms with Crippen molar-refractivity contribution in [2.75, 3.05) is 68.3 Å². The average molecular weight is 734 g/mol. The quantitative estimate of drug-likeness (QED) is 0.201. The Labute approximate surface area is 309 Å². The van der Waals surface area contributed by atoms with E-state index in [4.69, 9.17) is 28.4 Å². The zero-order valence-corrected chi connectivity index (χ0v) is 31.8. The number of hydrogen-bond donors (Lipinski definition) is 1. The Hall–Kier alpha value is -3.08. The number of piperidine rings is 1. The van der Waals surface area contributed by atoms with Crippen molar-refractivity contribution >= 4 is 24.8 Å². The maximum Gasteiger partial charge on any atom is 0.161 e. The molecule has 0 aromatic heterocycles. The molecule has 50 heavy (non-hydrogen) atoms. The number of aliphatic hydroxyl groups excluding tert-OH is 1. The smallest absolute Gasteiger partial charge is 0.161 e. The number of halogens is 2. The molecule has 11 heteroatoms. The van der Waals surface area contributed by atoms with E-state index in [2.05, 4.69) is 41.0 Å². The first-order valence-corrected chi connectivity index (χ1v) is 17.3. The van der Waals surface area contributed by atoms with Crippen molar-refractivity contribution in [3.8, 4) is 34.5 Å². The van der Waals surface area contributed by atoms with Crippen molar-refractivity contribution in [2.24, 2.45) is 11.8 Å². The molecule has 1 saturated heterocycles. The molecule has 0 aliphatic carbocycles. The standard InChI is InChI=1S/C39H52N2O7.2ClH/c1-7-25-22-40-14-12-26-18-36(44-3)38(46-5)20-30(26)32(40)16-28(25)17-33-31-21-39(47-6)37(45-4)19-27(31)13-15-41(33)23-29(42)24-48-35-11-9-8-10-34(35)43-2;;/h8-11,18-21,25,28-29,32-33,42H,7,12-17,22-24H2,1-6H3;2*1H/t25-,28+,29?,32-,33?;;/m0../s1. The van der Waals surface area contributed by atoms with Gasteiger partial charge < -0.3 is 33.5 Å². The van der Waals surface area contributed by atoms with Crippen molar-refractivity contribution in [3.05, 3.63) is 70.8 Å². The van der Waals surface area contributed by atoms with Gasteiger partial charge in [0.15, 0.2) is 34.5 Å². The largest absolute Gasteiger partial charge is 0.493 e. The van der Waals surface area contributed by atoms with Crippen molar-refractivity contribution in [1.29, 1.82) is 0 Å². The second-order valence-corrected chi connectivity index (χ2v) is 13.3. The fourth-order valence-electron chi connectivity index (χ4n) is 8.36. The van der Waals surface area contributed by atoms with Crippen LogP contribution in [0.3, 0.4) is 0 Å². The van der Waals surface area contributed by atoms with E-state index >= 15 is 0 Å². The molecule has 2 unspecified atom stereocenters. The van der Waals surface area contributed by atoms with E-state index in [1.165, 1.54) is 22.3 Å². The third kappa shape index (κ3) is 8.18. The van der Waals surface area contributed by atoms with Crippen molar-refractivity contribution in [3.63, 3.8) is 0 Å². The molecule has 3 heterocycles. The molecule has 3 aliphatic heterocycles. The van der Waals surface area contributed by atoms with Gasteiger partial charge in [0.05, 0.1) is 35.5 Å². The predicted molar refractivity (Wildman–Crippen MR) is 201 cm³/mol. The fraction of sp³-hybridized carbons (Fsp3) is 0.538. The van der Waals surface area contributed by atoms with Gasteiger partial charge in [0.2, 0.25) is 0 Å². The van der Waals surface area contributed by atoms with Crippen LogP contribution in [0.15, 0.2) is 48.5 Å². The van der Waals surface area contributed by atoms with Crippen LogP contribution < -0.4 is 28.4 Å². The molecule has 3 aliphatic rings. The van der Waals surface area contributed by atoms with E-state index in [1.807, 2.05) is 24.3 Å². The molecule has 276 valence electrons. The third-order valence-electron chi connectivity index (χ3n) is 10.9. The van der Waals surface area contributed by atoms with Crippen LogP contribution in [0.1, 0.15) is 60.5 Å². The maximum atomic E-state index is 11.4. The highest BCUT2D eigenvalue weighted by atomic mass is 35.5. The first-order chi connectivity index (χ1) is 23.4. The lowest BCUT2D eigenvalue weighted by Crippen LogP contribution is -2.48. The van der Waals surface area contributed by atoms with Gasteiger partial charge in [-0.1, -0.05) is 25.5 Å². The average Bonchev–Trinajstić information content (AvgIpc) is 3.13. The first-order valence-electron chi connectivity index (χ1n) is 17.3. The van der Waals surface area contributed by atoms with Crippen LogP contribution in [0, 0.1) is 11.8 Å². The Morgan fingerprint density at radius 3 is 1.90 bits per heavy atom. The van der Waals surface area contributed by atoms with Gasteiger partial charge in [0.25, 0.3) is 0 Å². The zero-order valence-electron chi connectivity index (χ0n) is 30.2. The van der Waals surface area contributed by atoms with Gasteiger partial charge in [-0.25, -0.2) is 0 Å². The summed E-state index contributed by atoms with van der Waals surface area (Å²) in [5.74, 6) is 5.46. The van der Waals surface area contributed by atoms with E-state index < -0.39 is 6.10 Å². The van der Waals surface area contributed by atoms with Crippen LogP contribution in [0.2, 0.25) is 0 Å². The topological polar surface area (TPSA) is 82.1 Å². The molecular weight excluding hydrogens is 679 g/mol. The lowest BCUT2D eigenvalue weighted by atomic mass is 9.72. The van der Waals surface area contributed by atoms with E-state index in [1.54, 1.807) is 35.5 Å². The third-order valence-corrected chi connectivity index (χ3v) is 10.9. The minimum atomic E-state index is -0.671. The van der Waals surface area contributed by atoms with E-state index in [0.717, 1.165) is 74.7 Å². The number of hydrogen-bond acceptors (Lipinski definition) is 9. The number of fused-ring (bicyclic) bond motifs is 4. The summed E-state index contributed by atoms with van der Waals surface area (Å²) in [4.78, 5) is 5.16. The summed E-state index contributed by atoms with van der Waals surface area (Å²) in [6.07, 6.45) is 4.43. The molecule has 1 N–H and O–H groups in total. The minimum absolute atomic E-state index is 0. The minimum Gasteiger partial charge on any atom is -0.493 e. The number of para-hydroxylation sites is 2. The second-order valence-electron chi connectivity index (χ2n) is 13.3. The molecule has 0 bridgehead atoms. The molecule has 0 spiro atoms. The summed E-state index contributed by atoms with van der Waals surface area (Å²) in [5.41, 5.74) is 5.29. The Morgan fingerprint density at radius 1 is 0.720 bits per heavy atom. The summed E-state index contributed by atoms with van der Waals surface area (Å²) in [7, 11) is 8.45. The number of aliphatic hydroxyl groups is 1. The highest BCUT2D eigenvalue weighted by molar-refractivity contribution is 5.85. The van der Waals surface area contributed by atoms with Crippen molar-refractivity contribution < 1.29 is 33.5 Å². The molecule has 5 atom stereocenters. The Morgan fingerprint density at radius 2 is 1.28 bits per heavy atom. The molecule has 6 rings (SSSR count). The lowest BCUT2D eigenvalue weighted by Gasteiger charge is -2.49. The number of methoxy groups -OCH3 is 5. The number of ether oxygens (including phenoxy) is 6. The predicted octanol–water partition coefficient (Wildman–Crippen LogP) is 6.95. The highest BCUT2D eigenvalue weighted by Gasteiger charge is 2.41. The summed E-state index contributed by atoms with van der Waals surface area (Å²) in [5, 5.41) is 11.4.